The minimum atomic E-state index is -0.800. The fraction of sp³-hybridized carbons (Fsp3) is 0.385. The number of fused-ring (bicyclic) bond motifs is 1. The van der Waals surface area contributed by atoms with Crippen LogP contribution in [0.4, 0.5) is 0 Å². The SMILES string of the molecule is COC(=O)C(=O)c1ccc2c(c1)CC(C)C2. The highest BCUT2D eigenvalue weighted by atomic mass is 16.5. The maximum absolute atomic E-state index is 11.6. The van der Waals surface area contributed by atoms with Gasteiger partial charge in [0.25, 0.3) is 5.78 Å². The molecule has 0 fully saturated rings. The molecule has 0 heterocycles. The van der Waals surface area contributed by atoms with Crippen LogP contribution in [-0.2, 0) is 22.4 Å². The number of rotatable bonds is 2. The van der Waals surface area contributed by atoms with Crippen molar-refractivity contribution in [2.75, 3.05) is 7.11 Å². The van der Waals surface area contributed by atoms with Crippen LogP contribution in [0, 0.1) is 5.92 Å². The molecule has 3 heteroatoms. The fourth-order valence-electron chi connectivity index (χ4n) is 2.19. The lowest BCUT2D eigenvalue weighted by atomic mass is 10.0. The number of carbonyl (C=O) groups excluding carboxylic acids is 2. The first-order valence-corrected chi connectivity index (χ1v) is 5.36. The Kier molecular flexibility index (Phi) is 2.77. The summed E-state index contributed by atoms with van der Waals surface area (Å²) >= 11 is 0. The van der Waals surface area contributed by atoms with Gasteiger partial charge in [-0.2, -0.15) is 0 Å². The van der Waals surface area contributed by atoms with Crippen LogP contribution in [0.1, 0.15) is 28.4 Å². The smallest absolute Gasteiger partial charge is 0.379 e. The van der Waals surface area contributed by atoms with Gasteiger partial charge in [-0.05, 0) is 36.0 Å². The zero-order chi connectivity index (χ0) is 11.7. The number of ether oxygens (including phenoxy) is 1. The van der Waals surface area contributed by atoms with Crippen molar-refractivity contribution in [2.24, 2.45) is 5.92 Å². The van der Waals surface area contributed by atoms with Crippen molar-refractivity contribution in [3.05, 3.63) is 34.9 Å². The van der Waals surface area contributed by atoms with E-state index in [4.69, 9.17) is 0 Å². The second-order valence-corrected chi connectivity index (χ2v) is 4.32. The average Bonchev–Trinajstić information content (AvgIpc) is 2.65. The Morgan fingerprint density at radius 2 is 1.94 bits per heavy atom. The molecule has 16 heavy (non-hydrogen) atoms. The maximum Gasteiger partial charge on any atom is 0.379 e. The van der Waals surface area contributed by atoms with E-state index in [1.165, 1.54) is 18.2 Å². The van der Waals surface area contributed by atoms with Crippen LogP contribution in [-0.4, -0.2) is 18.9 Å². The van der Waals surface area contributed by atoms with Crippen molar-refractivity contribution in [1.82, 2.24) is 0 Å². The average molecular weight is 218 g/mol. The van der Waals surface area contributed by atoms with Gasteiger partial charge in [0.2, 0.25) is 0 Å². The van der Waals surface area contributed by atoms with Crippen LogP contribution < -0.4 is 0 Å². The molecule has 1 unspecified atom stereocenters. The Balaban J connectivity index is 2.29. The summed E-state index contributed by atoms with van der Waals surface area (Å²) in [4.78, 5) is 22.7. The number of carbonyl (C=O) groups is 2. The highest BCUT2D eigenvalue weighted by molar-refractivity contribution is 6.40. The van der Waals surface area contributed by atoms with E-state index >= 15 is 0 Å². The summed E-state index contributed by atoms with van der Waals surface area (Å²) in [5.74, 6) is -0.741. The van der Waals surface area contributed by atoms with E-state index in [0.29, 0.717) is 11.5 Å². The van der Waals surface area contributed by atoms with Crippen molar-refractivity contribution in [1.29, 1.82) is 0 Å². The van der Waals surface area contributed by atoms with Gasteiger partial charge in [0.05, 0.1) is 7.11 Å². The molecule has 0 spiro atoms. The molecular formula is C13H14O3. The Morgan fingerprint density at radius 3 is 2.62 bits per heavy atom. The van der Waals surface area contributed by atoms with E-state index in [2.05, 4.69) is 11.7 Å². The first-order chi connectivity index (χ1) is 7.61. The van der Waals surface area contributed by atoms with Gasteiger partial charge in [0.15, 0.2) is 0 Å². The van der Waals surface area contributed by atoms with Crippen LogP contribution in [0.5, 0.6) is 0 Å². The molecule has 1 aromatic rings. The van der Waals surface area contributed by atoms with Crippen molar-refractivity contribution in [3.63, 3.8) is 0 Å². The highest BCUT2D eigenvalue weighted by Crippen LogP contribution is 2.27. The van der Waals surface area contributed by atoms with Crippen LogP contribution in [0.3, 0.4) is 0 Å². The van der Waals surface area contributed by atoms with Crippen molar-refractivity contribution >= 4 is 11.8 Å². The number of benzene rings is 1. The molecular weight excluding hydrogens is 204 g/mol. The van der Waals surface area contributed by atoms with E-state index < -0.39 is 11.8 Å². The quantitative estimate of drug-likeness (QED) is 0.431. The monoisotopic (exact) mass is 218 g/mol. The van der Waals surface area contributed by atoms with Crippen LogP contribution in [0.15, 0.2) is 18.2 Å². The Bertz CT molecular complexity index is 448. The lowest BCUT2D eigenvalue weighted by molar-refractivity contribution is -0.135. The summed E-state index contributed by atoms with van der Waals surface area (Å²) in [5.41, 5.74) is 2.90. The zero-order valence-corrected chi connectivity index (χ0v) is 9.45. The fourth-order valence-corrected chi connectivity index (χ4v) is 2.19. The van der Waals surface area contributed by atoms with E-state index in [1.54, 1.807) is 6.07 Å². The molecule has 0 saturated heterocycles. The van der Waals surface area contributed by atoms with E-state index in [9.17, 15) is 9.59 Å². The molecule has 1 aliphatic carbocycles. The minimum Gasteiger partial charge on any atom is -0.463 e. The van der Waals surface area contributed by atoms with Crippen molar-refractivity contribution in [3.8, 4) is 0 Å². The Labute approximate surface area is 94.4 Å². The third-order valence-electron chi connectivity index (χ3n) is 2.98. The van der Waals surface area contributed by atoms with Gasteiger partial charge < -0.3 is 4.74 Å². The van der Waals surface area contributed by atoms with E-state index in [-0.39, 0.29) is 0 Å². The topological polar surface area (TPSA) is 43.4 Å². The molecule has 0 aliphatic heterocycles. The lowest BCUT2D eigenvalue weighted by Gasteiger charge is -2.02. The summed E-state index contributed by atoms with van der Waals surface area (Å²) in [6.45, 7) is 2.18. The first-order valence-electron chi connectivity index (χ1n) is 5.36. The number of Topliss-reactive ketones (excluding diaryl/α,β-unsaturated/α-hetero) is 1. The van der Waals surface area contributed by atoms with Crippen molar-refractivity contribution < 1.29 is 14.3 Å². The van der Waals surface area contributed by atoms with Crippen LogP contribution >= 0.6 is 0 Å². The highest BCUT2D eigenvalue weighted by Gasteiger charge is 2.22. The van der Waals surface area contributed by atoms with Gasteiger partial charge in [0.1, 0.15) is 0 Å². The van der Waals surface area contributed by atoms with Gasteiger partial charge in [-0.1, -0.05) is 19.1 Å². The first kappa shape index (κ1) is 10.9. The molecule has 3 nitrogen and oxygen atoms in total. The summed E-state index contributed by atoms with van der Waals surface area (Å²) in [7, 11) is 1.22. The molecule has 1 aromatic carbocycles. The Morgan fingerprint density at radius 1 is 1.25 bits per heavy atom. The van der Waals surface area contributed by atoms with Gasteiger partial charge >= 0.3 is 5.97 Å². The predicted molar refractivity (Wildman–Crippen MR) is 59.4 cm³/mol. The molecule has 0 N–H and O–H groups in total. The molecule has 1 atom stereocenters. The number of ketones is 1. The molecule has 0 amide bonds. The molecule has 0 radical (unpaired) electrons. The lowest BCUT2D eigenvalue weighted by Crippen LogP contribution is -2.15. The van der Waals surface area contributed by atoms with E-state index in [1.807, 2.05) is 12.1 Å². The van der Waals surface area contributed by atoms with Gasteiger partial charge in [-0.15, -0.1) is 0 Å². The number of hydrogen-bond donors (Lipinski definition) is 0. The second-order valence-electron chi connectivity index (χ2n) is 4.32. The van der Waals surface area contributed by atoms with Crippen LogP contribution in [0.25, 0.3) is 0 Å². The molecule has 0 saturated carbocycles. The largest absolute Gasteiger partial charge is 0.463 e. The normalized spacial score (nSPS) is 18.0. The van der Waals surface area contributed by atoms with E-state index in [0.717, 1.165) is 12.8 Å². The minimum absolute atomic E-state index is 0.430. The Hall–Kier alpha value is -1.64. The van der Waals surface area contributed by atoms with Gasteiger partial charge in [-0.25, -0.2) is 4.79 Å². The number of methoxy groups -OCH3 is 1. The maximum atomic E-state index is 11.6. The second kappa shape index (κ2) is 4.08. The van der Waals surface area contributed by atoms with Gasteiger partial charge in [-0.3, -0.25) is 4.79 Å². The summed E-state index contributed by atoms with van der Waals surface area (Å²) in [6.07, 6.45) is 2.04. The summed E-state index contributed by atoms with van der Waals surface area (Å²) in [5, 5.41) is 0. The number of esters is 1. The summed E-state index contributed by atoms with van der Waals surface area (Å²) < 4.78 is 4.42. The molecule has 1 aliphatic rings. The molecule has 0 aromatic heterocycles. The molecule has 84 valence electrons. The zero-order valence-electron chi connectivity index (χ0n) is 9.45. The predicted octanol–water partition coefficient (Wildman–Crippen LogP) is 1.78. The third-order valence-corrected chi connectivity index (χ3v) is 2.98. The van der Waals surface area contributed by atoms with Crippen molar-refractivity contribution in [2.45, 2.75) is 19.8 Å². The van der Waals surface area contributed by atoms with Crippen LogP contribution in [0.2, 0.25) is 0 Å². The number of hydrogen-bond acceptors (Lipinski definition) is 3. The third kappa shape index (κ3) is 1.85. The molecule has 2 rings (SSSR count). The summed E-state index contributed by atoms with van der Waals surface area (Å²) in [6, 6.07) is 5.46. The molecule has 0 bridgehead atoms. The standard InChI is InChI=1S/C13H14O3/c1-8-5-9-3-4-10(7-11(9)6-8)12(14)13(15)16-2/h3-4,7-8H,5-6H2,1-2H3. The van der Waals surface area contributed by atoms with Gasteiger partial charge in [0, 0.05) is 5.56 Å².